The van der Waals surface area contributed by atoms with Gasteiger partial charge in [-0.15, -0.1) is 0 Å². The average molecular weight is 439 g/mol. The maximum Gasteiger partial charge on any atom is 1.00 e. The molecule has 0 atom stereocenters. The normalized spacial score (nSPS) is 12.5. The number of rotatable bonds is 3. The average Bonchev–Trinajstić information content (AvgIpc) is 2.45. The third-order valence-corrected chi connectivity index (χ3v) is 6.02. The van der Waals surface area contributed by atoms with Crippen molar-refractivity contribution in [3.63, 3.8) is 0 Å². The summed E-state index contributed by atoms with van der Waals surface area (Å²) in [4.78, 5) is -2.34. The molecule has 0 bridgehead atoms. The van der Waals surface area contributed by atoms with E-state index in [0.29, 0.717) is 18.2 Å². The molecule has 0 saturated heterocycles. The molecular formula is C13H7ClF3KO5S2. The molecule has 5 nitrogen and oxygen atoms in total. The van der Waals surface area contributed by atoms with Gasteiger partial charge in [0.05, 0.1) is 25.3 Å². The second kappa shape index (κ2) is 7.95. The van der Waals surface area contributed by atoms with Crippen molar-refractivity contribution < 1.29 is 85.9 Å². The molecule has 0 aliphatic heterocycles. The molecule has 0 heterocycles. The van der Waals surface area contributed by atoms with Gasteiger partial charge in [0.1, 0.15) is 10.1 Å². The van der Waals surface area contributed by atoms with Crippen LogP contribution < -0.4 is 51.4 Å². The number of halogens is 4. The van der Waals surface area contributed by atoms with E-state index in [2.05, 4.69) is 0 Å². The fourth-order valence-electron chi connectivity index (χ4n) is 1.82. The van der Waals surface area contributed by atoms with Crippen molar-refractivity contribution in [3.05, 3.63) is 53.1 Å². The molecular weight excluding hydrogens is 432 g/mol. The Balaban J connectivity index is 0.00000312. The molecule has 0 N–H and O–H groups in total. The predicted molar refractivity (Wildman–Crippen MR) is 76.3 cm³/mol. The number of hydrogen-bond donors (Lipinski definition) is 0. The zero-order chi connectivity index (χ0) is 18.3. The van der Waals surface area contributed by atoms with E-state index >= 15 is 0 Å². The molecule has 130 valence electrons. The standard InChI is InChI=1S/C13H8ClF3O5S2.K/c14-11-5-4-10(7-12(11)24(20,21)22)23(18,19)9-3-1-2-8(6-9)13(15,16)17;/h1-7H,(H,20,21,22);/q;+1/p-1. The summed E-state index contributed by atoms with van der Waals surface area (Å²) in [5.41, 5.74) is -1.19. The zero-order valence-corrected chi connectivity index (χ0v) is 17.9. The summed E-state index contributed by atoms with van der Waals surface area (Å²) in [7, 11) is -9.54. The van der Waals surface area contributed by atoms with Crippen molar-refractivity contribution in [2.45, 2.75) is 20.9 Å². The Labute approximate surface area is 189 Å². The van der Waals surface area contributed by atoms with E-state index in [1.165, 1.54) is 0 Å². The molecule has 2 rings (SSSR count). The Bertz CT molecular complexity index is 1000. The maximum absolute atomic E-state index is 12.7. The van der Waals surface area contributed by atoms with E-state index in [4.69, 9.17) is 11.6 Å². The first-order chi connectivity index (χ1) is 10.8. The van der Waals surface area contributed by atoms with Gasteiger partial charge in [-0.25, -0.2) is 16.8 Å². The van der Waals surface area contributed by atoms with Crippen LogP contribution in [0.15, 0.2) is 57.2 Å². The van der Waals surface area contributed by atoms with Crippen LogP contribution in [0.2, 0.25) is 5.02 Å². The quantitative estimate of drug-likeness (QED) is 0.500. The fraction of sp³-hybridized carbons (Fsp3) is 0.0769. The molecule has 0 fully saturated rings. The molecule has 25 heavy (non-hydrogen) atoms. The van der Waals surface area contributed by atoms with Gasteiger partial charge in [-0.2, -0.15) is 13.2 Å². The van der Waals surface area contributed by atoms with Crippen LogP contribution in [0.5, 0.6) is 0 Å². The molecule has 0 spiro atoms. The summed E-state index contributed by atoms with van der Waals surface area (Å²) in [5.74, 6) is 0. The SMILES string of the molecule is O=S(=O)([O-])c1cc(S(=O)(=O)c2cccc(C(F)(F)F)c2)ccc1Cl.[K+]. The third kappa shape index (κ3) is 5.27. The largest absolute Gasteiger partial charge is 1.00 e. The predicted octanol–water partition coefficient (Wildman–Crippen LogP) is 0.0997. The Kier molecular flexibility index (Phi) is 7.33. The first-order valence-corrected chi connectivity index (χ1v) is 9.28. The van der Waals surface area contributed by atoms with Crippen molar-refractivity contribution in [3.8, 4) is 0 Å². The van der Waals surface area contributed by atoms with Gasteiger partial charge in [0.25, 0.3) is 0 Å². The minimum atomic E-state index is -5.06. The minimum Gasteiger partial charge on any atom is -0.744 e. The Hall–Kier alpha value is 0.0164. The molecule has 12 heteroatoms. The van der Waals surface area contributed by atoms with Crippen LogP contribution in [0.3, 0.4) is 0 Å². The molecule has 0 unspecified atom stereocenters. The van der Waals surface area contributed by atoms with Crippen LogP contribution in [-0.4, -0.2) is 21.4 Å². The van der Waals surface area contributed by atoms with Crippen LogP contribution in [0, 0.1) is 0 Å². The van der Waals surface area contributed by atoms with Crippen molar-refractivity contribution >= 4 is 31.6 Å². The van der Waals surface area contributed by atoms with Crippen molar-refractivity contribution in [1.29, 1.82) is 0 Å². The molecule has 0 aromatic heterocycles. The number of alkyl halides is 3. The Morgan fingerprint density at radius 3 is 2.00 bits per heavy atom. The minimum absolute atomic E-state index is 0. The zero-order valence-electron chi connectivity index (χ0n) is 12.4. The van der Waals surface area contributed by atoms with E-state index in [0.717, 1.165) is 24.3 Å². The van der Waals surface area contributed by atoms with Gasteiger partial charge in [0.2, 0.25) is 9.84 Å². The number of benzene rings is 2. The monoisotopic (exact) mass is 438 g/mol. The van der Waals surface area contributed by atoms with Crippen LogP contribution in [0.1, 0.15) is 5.56 Å². The first-order valence-electron chi connectivity index (χ1n) is 6.01. The van der Waals surface area contributed by atoms with E-state index in [9.17, 15) is 34.6 Å². The maximum atomic E-state index is 12.7. The first kappa shape index (κ1) is 23.1. The topological polar surface area (TPSA) is 91.3 Å². The van der Waals surface area contributed by atoms with Crippen LogP contribution >= 0.6 is 11.6 Å². The molecule has 0 aliphatic rings. The van der Waals surface area contributed by atoms with Gasteiger partial charge in [-0.05, 0) is 36.4 Å². The summed E-state index contributed by atoms with van der Waals surface area (Å²) >= 11 is 5.54. The summed E-state index contributed by atoms with van der Waals surface area (Å²) in [5, 5.41) is -0.493. The van der Waals surface area contributed by atoms with E-state index < -0.39 is 51.4 Å². The fourth-order valence-corrected chi connectivity index (χ4v) is 4.20. The second-order valence-electron chi connectivity index (χ2n) is 4.58. The van der Waals surface area contributed by atoms with Crippen molar-refractivity contribution in [2.75, 3.05) is 0 Å². The van der Waals surface area contributed by atoms with Gasteiger partial charge < -0.3 is 4.55 Å². The van der Waals surface area contributed by atoms with Crippen LogP contribution in [0.4, 0.5) is 13.2 Å². The summed E-state index contributed by atoms with van der Waals surface area (Å²) < 4.78 is 96.1. The summed E-state index contributed by atoms with van der Waals surface area (Å²) in [6, 6.07) is 5.20. The Morgan fingerprint density at radius 2 is 1.48 bits per heavy atom. The van der Waals surface area contributed by atoms with Crippen molar-refractivity contribution in [2.24, 2.45) is 0 Å². The van der Waals surface area contributed by atoms with Crippen LogP contribution in [0.25, 0.3) is 0 Å². The summed E-state index contributed by atoms with van der Waals surface area (Å²) in [6.45, 7) is 0. The third-order valence-electron chi connectivity index (χ3n) is 2.95. The van der Waals surface area contributed by atoms with Crippen molar-refractivity contribution in [1.82, 2.24) is 0 Å². The second-order valence-corrected chi connectivity index (χ2v) is 8.28. The van der Waals surface area contributed by atoms with Gasteiger partial charge in [0.15, 0.2) is 0 Å². The molecule has 2 aromatic rings. The number of hydrogen-bond acceptors (Lipinski definition) is 5. The molecule has 0 aliphatic carbocycles. The van der Waals surface area contributed by atoms with Gasteiger partial charge in [0, 0.05) is 0 Å². The van der Waals surface area contributed by atoms with Gasteiger partial charge in [-0.3, -0.25) is 0 Å². The number of sulfone groups is 1. The van der Waals surface area contributed by atoms with Crippen LogP contribution in [-0.2, 0) is 26.1 Å². The summed E-state index contributed by atoms with van der Waals surface area (Å²) in [6.07, 6.45) is -4.75. The Morgan fingerprint density at radius 1 is 0.920 bits per heavy atom. The molecule has 2 aromatic carbocycles. The van der Waals surface area contributed by atoms with E-state index in [1.54, 1.807) is 0 Å². The van der Waals surface area contributed by atoms with Gasteiger partial charge >= 0.3 is 57.6 Å². The molecule has 0 saturated carbocycles. The van der Waals surface area contributed by atoms with Gasteiger partial charge in [-0.1, -0.05) is 17.7 Å². The molecule has 0 amide bonds. The van der Waals surface area contributed by atoms with E-state index in [-0.39, 0.29) is 51.4 Å². The smallest absolute Gasteiger partial charge is 0.744 e. The van der Waals surface area contributed by atoms with E-state index in [1.807, 2.05) is 0 Å². The molecule has 0 radical (unpaired) electrons.